The zero-order chi connectivity index (χ0) is 13.0. The Morgan fingerprint density at radius 1 is 1.11 bits per heavy atom. The van der Waals surface area contributed by atoms with Gasteiger partial charge < -0.3 is 9.32 Å². The van der Waals surface area contributed by atoms with Gasteiger partial charge in [-0.15, -0.1) is 0 Å². The van der Waals surface area contributed by atoms with E-state index in [1.807, 2.05) is 6.07 Å². The Morgan fingerprint density at radius 3 is 2.26 bits per heavy atom. The average molecular weight is 256 g/mol. The fraction of sp³-hybridized carbons (Fsp3) is 0.688. The molecule has 4 aliphatic carbocycles. The molecule has 3 heteroatoms. The summed E-state index contributed by atoms with van der Waals surface area (Å²) in [6.45, 7) is 0. The largest absolute Gasteiger partial charge is 0.430 e. The van der Waals surface area contributed by atoms with Crippen molar-refractivity contribution in [2.75, 3.05) is 11.9 Å². The maximum absolute atomic E-state index is 8.88. The van der Waals surface area contributed by atoms with Crippen LogP contribution in [0.5, 0.6) is 0 Å². The quantitative estimate of drug-likeness (QED) is 0.814. The number of furan rings is 1. The first-order valence-corrected chi connectivity index (χ1v) is 7.47. The van der Waals surface area contributed by atoms with Crippen LogP contribution >= 0.6 is 0 Å². The monoisotopic (exact) mass is 256 g/mol. The van der Waals surface area contributed by atoms with E-state index in [-0.39, 0.29) is 0 Å². The molecule has 3 nitrogen and oxygen atoms in total. The molecule has 0 atom stereocenters. The molecule has 0 amide bonds. The Hall–Kier alpha value is -1.43. The number of nitrogens with zero attached hydrogens (tertiary/aromatic N) is 2. The lowest BCUT2D eigenvalue weighted by Gasteiger charge is -2.56. The van der Waals surface area contributed by atoms with Crippen LogP contribution in [0, 0.1) is 35.0 Å². The summed E-state index contributed by atoms with van der Waals surface area (Å²) in [5.41, 5.74) is 0. The first-order chi connectivity index (χ1) is 9.24. The van der Waals surface area contributed by atoms with E-state index in [0.717, 1.165) is 29.6 Å². The van der Waals surface area contributed by atoms with E-state index in [2.05, 4.69) is 18.0 Å². The van der Waals surface area contributed by atoms with Crippen molar-refractivity contribution in [3.05, 3.63) is 17.9 Å². The van der Waals surface area contributed by atoms with E-state index in [1.54, 1.807) is 6.07 Å². The summed E-state index contributed by atoms with van der Waals surface area (Å²) in [6.07, 6.45) is 7.13. The van der Waals surface area contributed by atoms with Gasteiger partial charge in [0.1, 0.15) is 6.07 Å². The Morgan fingerprint density at radius 2 is 1.74 bits per heavy atom. The minimum atomic E-state index is 0.422. The number of anilines is 1. The highest BCUT2D eigenvalue weighted by molar-refractivity contribution is 5.40. The lowest BCUT2D eigenvalue weighted by Crippen LogP contribution is -2.55. The number of nitriles is 1. The van der Waals surface area contributed by atoms with Crippen LogP contribution in [0.2, 0.25) is 0 Å². The lowest BCUT2D eigenvalue weighted by molar-refractivity contribution is -0.00223. The summed E-state index contributed by atoms with van der Waals surface area (Å²) in [4.78, 5) is 2.31. The third-order valence-corrected chi connectivity index (χ3v) is 5.67. The molecule has 0 aromatic carbocycles. The molecule has 1 aromatic heterocycles. The van der Waals surface area contributed by atoms with Crippen LogP contribution in [0.15, 0.2) is 16.5 Å². The van der Waals surface area contributed by atoms with Crippen LogP contribution in [0.1, 0.15) is 37.9 Å². The average Bonchev–Trinajstić information content (AvgIpc) is 2.86. The van der Waals surface area contributed by atoms with Crippen molar-refractivity contribution in [3.63, 3.8) is 0 Å². The van der Waals surface area contributed by atoms with E-state index in [1.165, 1.54) is 32.1 Å². The van der Waals surface area contributed by atoms with Gasteiger partial charge in [0.05, 0.1) is 0 Å². The molecule has 0 saturated heterocycles. The SMILES string of the molecule is CN(c1ccc(C#N)o1)C1C2CC3CC(C2)CC1C3. The summed E-state index contributed by atoms with van der Waals surface area (Å²) < 4.78 is 5.62. The molecule has 0 aliphatic heterocycles. The second kappa shape index (κ2) is 4.03. The maximum atomic E-state index is 8.88. The van der Waals surface area contributed by atoms with Gasteiger partial charge >= 0.3 is 0 Å². The van der Waals surface area contributed by atoms with Gasteiger partial charge in [0.15, 0.2) is 5.88 Å². The highest BCUT2D eigenvalue weighted by atomic mass is 16.4. The smallest absolute Gasteiger partial charge is 0.206 e. The van der Waals surface area contributed by atoms with Gasteiger partial charge in [-0.25, -0.2) is 0 Å². The predicted octanol–water partition coefficient (Wildman–Crippen LogP) is 3.41. The lowest BCUT2D eigenvalue weighted by atomic mass is 9.54. The van der Waals surface area contributed by atoms with E-state index < -0.39 is 0 Å². The Labute approximate surface area is 114 Å². The van der Waals surface area contributed by atoms with Crippen molar-refractivity contribution in [3.8, 4) is 6.07 Å². The molecule has 4 saturated carbocycles. The Balaban J connectivity index is 1.60. The normalized spacial score (nSPS) is 39.3. The molecule has 100 valence electrons. The molecular formula is C16H20N2O. The van der Waals surface area contributed by atoms with Crippen molar-refractivity contribution in [1.82, 2.24) is 0 Å². The third-order valence-electron chi connectivity index (χ3n) is 5.67. The van der Waals surface area contributed by atoms with Crippen LogP contribution in [0.25, 0.3) is 0 Å². The van der Waals surface area contributed by atoms with E-state index in [4.69, 9.17) is 9.68 Å². The van der Waals surface area contributed by atoms with Gasteiger partial charge in [0.25, 0.3) is 0 Å². The minimum Gasteiger partial charge on any atom is -0.430 e. The fourth-order valence-corrected chi connectivity index (χ4v) is 5.25. The van der Waals surface area contributed by atoms with Crippen molar-refractivity contribution in [1.29, 1.82) is 5.26 Å². The first-order valence-electron chi connectivity index (χ1n) is 7.47. The molecule has 0 radical (unpaired) electrons. The second-order valence-corrected chi connectivity index (χ2v) is 6.78. The number of hydrogen-bond acceptors (Lipinski definition) is 3. The Kier molecular flexibility index (Phi) is 2.42. The molecule has 1 heterocycles. The van der Waals surface area contributed by atoms with E-state index in [0.29, 0.717) is 11.8 Å². The van der Waals surface area contributed by atoms with Crippen LogP contribution in [0.4, 0.5) is 5.88 Å². The van der Waals surface area contributed by atoms with Gasteiger partial charge in [-0.3, -0.25) is 0 Å². The molecule has 19 heavy (non-hydrogen) atoms. The van der Waals surface area contributed by atoms with Crippen LogP contribution < -0.4 is 4.90 Å². The summed E-state index contributed by atoms with van der Waals surface area (Å²) in [5, 5.41) is 8.88. The van der Waals surface area contributed by atoms with Crippen molar-refractivity contribution in [2.45, 2.75) is 38.1 Å². The van der Waals surface area contributed by atoms with Crippen LogP contribution in [-0.4, -0.2) is 13.1 Å². The van der Waals surface area contributed by atoms with Gasteiger partial charge in [0.2, 0.25) is 5.76 Å². The summed E-state index contributed by atoms with van der Waals surface area (Å²) in [7, 11) is 2.15. The zero-order valence-electron chi connectivity index (χ0n) is 11.4. The molecule has 4 fully saturated rings. The van der Waals surface area contributed by atoms with Gasteiger partial charge in [-0.1, -0.05) is 0 Å². The highest BCUT2D eigenvalue weighted by Crippen LogP contribution is 2.55. The van der Waals surface area contributed by atoms with Crippen molar-refractivity contribution >= 4 is 5.88 Å². The first kappa shape index (κ1) is 11.4. The van der Waals surface area contributed by atoms with Gasteiger partial charge in [-0.05, 0) is 61.8 Å². The van der Waals surface area contributed by atoms with E-state index in [9.17, 15) is 0 Å². The third kappa shape index (κ3) is 1.69. The zero-order valence-corrected chi connectivity index (χ0v) is 11.4. The standard InChI is InChI=1S/C16H20N2O/c1-18(15-3-2-14(9-17)19-15)16-12-5-10-4-11(7-12)8-13(16)6-10/h2-3,10-13,16H,4-8H2,1H3. The minimum absolute atomic E-state index is 0.422. The number of rotatable bonds is 2. The summed E-state index contributed by atoms with van der Waals surface area (Å²) in [5.74, 6) is 4.98. The van der Waals surface area contributed by atoms with Crippen molar-refractivity contribution < 1.29 is 4.42 Å². The molecule has 5 rings (SSSR count). The molecule has 4 aliphatic rings. The molecule has 0 unspecified atom stereocenters. The molecule has 0 spiro atoms. The highest BCUT2D eigenvalue weighted by Gasteiger charge is 2.49. The van der Waals surface area contributed by atoms with Gasteiger partial charge in [0, 0.05) is 19.2 Å². The van der Waals surface area contributed by atoms with Crippen LogP contribution in [-0.2, 0) is 0 Å². The topological polar surface area (TPSA) is 40.2 Å². The Bertz CT molecular complexity index is 499. The van der Waals surface area contributed by atoms with E-state index >= 15 is 0 Å². The van der Waals surface area contributed by atoms with Gasteiger partial charge in [-0.2, -0.15) is 5.26 Å². The number of hydrogen-bond donors (Lipinski definition) is 0. The predicted molar refractivity (Wildman–Crippen MR) is 72.7 cm³/mol. The second-order valence-electron chi connectivity index (χ2n) is 6.78. The summed E-state index contributed by atoms with van der Waals surface area (Å²) >= 11 is 0. The van der Waals surface area contributed by atoms with Crippen LogP contribution in [0.3, 0.4) is 0 Å². The maximum Gasteiger partial charge on any atom is 0.206 e. The molecule has 0 N–H and O–H groups in total. The molecular weight excluding hydrogens is 236 g/mol. The molecule has 4 bridgehead atoms. The molecule has 1 aromatic rings. The summed E-state index contributed by atoms with van der Waals surface area (Å²) in [6, 6.07) is 6.43. The fourth-order valence-electron chi connectivity index (χ4n) is 5.25. The van der Waals surface area contributed by atoms with Crippen molar-refractivity contribution in [2.24, 2.45) is 23.7 Å².